The van der Waals surface area contributed by atoms with E-state index in [1.165, 1.54) is 0 Å². The Labute approximate surface area is 118 Å². The molecule has 2 amide bonds. The van der Waals surface area contributed by atoms with Gasteiger partial charge in [0.05, 0.1) is 5.92 Å². The van der Waals surface area contributed by atoms with Crippen LogP contribution in [0.2, 0.25) is 0 Å². The van der Waals surface area contributed by atoms with E-state index in [-0.39, 0.29) is 12.1 Å². The highest BCUT2D eigenvalue weighted by atomic mass is 16.4. The number of carbonyl (C=O) groups is 2. The predicted octanol–water partition coefficient (Wildman–Crippen LogP) is 2.00. The maximum absolute atomic E-state index is 12.1. The quantitative estimate of drug-likeness (QED) is 0.887. The van der Waals surface area contributed by atoms with Crippen LogP contribution in [0.1, 0.15) is 24.5 Å². The van der Waals surface area contributed by atoms with Crippen LogP contribution < -0.4 is 5.32 Å². The van der Waals surface area contributed by atoms with Gasteiger partial charge in [-0.05, 0) is 31.4 Å². The fourth-order valence-electron chi connectivity index (χ4n) is 2.64. The van der Waals surface area contributed by atoms with Crippen LogP contribution in [0.4, 0.5) is 4.79 Å². The zero-order chi connectivity index (χ0) is 14.7. The highest BCUT2D eigenvalue weighted by Crippen LogP contribution is 2.24. The standard InChI is InChI=1S/C15H20N2O3/c1-10-5-3-4-6-12(10)9-16-15(20)17-8-7-13(11(17)2)14(18)19/h3-6,11,13H,7-9H2,1-2H3,(H,16,20)(H,18,19). The monoisotopic (exact) mass is 276 g/mol. The summed E-state index contributed by atoms with van der Waals surface area (Å²) in [5, 5.41) is 11.9. The number of benzene rings is 1. The predicted molar refractivity (Wildman–Crippen MR) is 75.3 cm³/mol. The van der Waals surface area contributed by atoms with E-state index < -0.39 is 11.9 Å². The fourth-order valence-corrected chi connectivity index (χ4v) is 2.64. The molecule has 0 spiro atoms. The van der Waals surface area contributed by atoms with Gasteiger partial charge in [-0.25, -0.2) is 4.79 Å². The fraction of sp³-hybridized carbons (Fsp3) is 0.467. The SMILES string of the molecule is Cc1ccccc1CNC(=O)N1CCC(C(=O)O)C1C. The highest BCUT2D eigenvalue weighted by molar-refractivity contribution is 5.78. The van der Waals surface area contributed by atoms with Crippen molar-refractivity contribution in [2.45, 2.75) is 32.9 Å². The van der Waals surface area contributed by atoms with Crippen LogP contribution >= 0.6 is 0 Å². The number of hydrogen-bond acceptors (Lipinski definition) is 2. The van der Waals surface area contributed by atoms with Crippen molar-refractivity contribution in [1.82, 2.24) is 10.2 Å². The number of nitrogens with zero attached hydrogens (tertiary/aromatic N) is 1. The van der Waals surface area contributed by atoms with Gasteiger partial charge in [-0.1, -0.05) is 24.3 Å². The van der Waals surface area contributed by atoms with E-state index >= 15 is 0 Å². The van der Waals surface area contributed by atoms with Crippen LogP contribution in [-0.2, 0) is 11.3 Å². The first-order valence-corrected chi connectivity index (χ1v) is 6.82. The molecule has 1 aromatic rings. The number of carboxylic acid groups (broad SMARTS) is 1. The van der Waals surface area contributed by atoms with E-state index in [9.17, 15) is 9.59 Å². The Morgan fingerprint density at radius 1 is 1.40 bits per heavy atom. The summed E-state index contributed by atoms with van der Waals surface area (Å²) in [5.74, 6) is -1.29. The lowest BCUT2D eigenvalue weighted by molar-refractivity contribution is -0.142. The minimum Gasteiger partial charge on any atom is -0.481 e. The summed E-state index contributed by atoms with van der Waals surface area (Å²) in [6.07, 6.45) is 0.522. The number of carboxylic acids is 1. The lowest BCUT2D eigenvalue weighted by Gasteiger charge is -2.23. The molecule has 0 radical (unpaired) electrons. The van der Waals surface area contributed by atoms with E-state index in [0.717, 1.165) is 11.1 Å². The van der Waals surface area contributed by atoms with Crippen molar-refractivity contribution < 1.29 is 14.7 Å². The summed E-state index contributed by atoms with van der Waals surface area (Å²) in [6, 6.07) is 7.42. The molecular weight excluding hydrogens is 256 g/mol. The Bertz CT molecular complexity index is 516. The summed E-state index contributed by atoms with van der Waals surface area (Å²) in [5.41, 5.74) is 2.20. The third-order valence-corrected chi connectivity index (χ3v) is 4.02. The number of rotatable bonds is 3. The first-order chi connectivity index (χ1) is 9.50. The molecule has 0 aliphatic carbocycles. The molecule has 1 aliphatic rings. The number of likely N-dealkylation sites (tertiary alicyclic amines) is 1. The van der Waals surface area contributed by atoms with Crippen LogP contribution in [0.25, 0.3) is 0 Å². The second-order valence-electron chi connectivity index (χ2n) is 5.25. The van der Waals surface area contributed by atoms with Gasteiger partial charge in [-0.15, -0.1) is 0 Å². The molecule has 5 nitrogen and oxygen atoms in total. The van der Waals surface area contributed by atoms with E-state index in [1.807, 2.05) is 31.2 Å². The lowest BCUT2D eigenvalue weighted by Crippen LogP contribution is -2.43. The summed E-state index contributed by atoms with van der Waals surface area (Å²) < 4.78 is 0. The maximum atomic E-state index is 12.1. The Balaban J connectivity index is 1.93. The minimum atomic E-state index is -0.827. The molecule has 2 N–H and O–H groups in total. The van der Waals surface area contributed by atoms with Crippen molar-refractivity contribution in [3.63, 3.8) is 0 Å². The van der Waals surface area contributed by atoms with Crippen LogP contribution in [-0.4, -0.2) is 34.6 Å². The number of urea groups is 1. The molecular formula is C15H20N2O3. The molecule has 2 rings (SSSR count). The second-order valence-corrected chi connectivity index (χ2v) is 5.25. The van der Waals surface area contributed by atoms with E-state index in [0.29, 0.717) is 19.5 Å². The van der Waals surface area contributed by atoms with Gasteiger partial charge in [0, 0.05) is 19.1 Å². The third kappa shape index (κ3) is 2.92. The van der Waals surface area contributed by atoms with E-state index in [2.05, 4.69) is 5.32 Å². The number of aryl methyl sites for hydroxylation is 1. The number of hydrogen-bond donors (Lipinski definition) is 2. The molecule has 1 heterocycles. The van der Waals surface area contributed by atoms with E-state index in [4.69, 9.17) is 5.11 Å². The van der Waals surface area contributed by atoms with Crippen LogP contribution in [0, 0.1) is 12.8 Å². The number of carbonyl (C=O) groups excluding carboxylic acids is 1. The van der Waals surface area contributed by atoms with Crippen LogP contribution in [0.15, 0.2) is 24.3 Å². The molecule has 2 atom stereocenters. The Morgan fingerprint density at radius 2 is 2.10 bits per heavy atom. The van der Waals surface area contributed by atoms with Crippen molar-refractivity contribution in [3.8, 4) is 0 Å². The van der Waals surface area contributed by atoms with Gasteiger partial charge in [0.25, 0.3) is 0 Å². The van der Waals surface area contributed by atoms with Crippen LogP contribution in [0.3, 0.4) is 0 Å². The summed E-state index contributed by atoms with van der Waals surface area (Å²) in [4.78, 5) is 24.8. The first kappa shape index (κ1) is 14.4. The first-order valence-electron chi connectivity index (χ1n) is 6.82. The van der Waals surface area contributed by atoms with Gasteiger partial charge in [0.15, 0.2) is 0 Å². The van der Waals surface area contributed by atoms with Gasteiger partial charge in [-0.3, -0.25) is 4.79 Å². The normalized spacial score (nSPS) is 21.8. The van der Waals surface area contributed by atoms with Gasteiger partial charge in [0.2, 0.25) is 0 Å². The summed E-state index contributed by atoms with van der Waals surface area (Å²) >= 11 is 0. The summed E-state index contributed by atoms with van der Waals surface area (Å²) in [7, 11) is 0. The highest BCUT2D eigenvalue weighted by Gasteiger charge is 2.37. The molecule has 1 fully saturated rings. The maximum Gasteiger partial charge on any atom is 0.317 e. The molecule has 0 bridgehead atoms. The molecule has 20 heavy (non-hydrogen) atoms. The topological polar surface area (TPSA) is 69.6 Å². The number of aliphatic carboxylic acids is 1. The largest absolute Gasteiger partial charge is 0.481 e. The molecule has 0 aromatic heterocycles. The minimum absolute atomic E-state index is 0.190. The lowest BCUT2D eigenvalue weighted by atomic mass is 10.0. The average molecular weight is 276 g/mol. The average Bonchev–Trinajstić information content (AvgIpc) is 2.79. The Hall–Kier alpha value is -2.04. The zero-order valence-corrected chi connectivity index (χ0v) is 11.8. The van der Waals surface area contributed by atoms with Crippen molar-refractivity contribution >= 4 is 12.0 Å². The Kier molecular flexibility index (Phi) is 4.27. The molecule has 108 valence electrons. The van der Waals surface area contributed by atoms with E-state index in [1.54, 1.807) is 11.8 Å². The number of nitrogens with one attached hydrogen (secondary N) is 1. The third-order valence-electron chi connectivity index (χ3n) is 4.02. The van der Waals surface area contributed by atoms with Gasteiger partial charge >= 0.3 is 12.0 Å². The molecule has 5 heteroatoms. The smallest absolute Gasteiger partial charge is 0.317 e. The zero-order valence-electron chi connectivity index (χ0n) is 11.8. The molecule has 1 aromatic carbocycles. The Morgan fingerprint density at radius 3 is 2.70 bits per heavy atom. The van der Waals surface area contributed by atoms with Gasteiger partial charge < -0.3 is 15.3 Å². The van der Waals surface area contributed by atoms with Crippen molar-refractivity contribution in [1.29, 1.82) is 0 Å². The summed E-state index contributed by atoms with van der Waals surface area (Å²) in [6.45, 7) is 4.75. The van der Waals surface area contributed by atoms with Gasteiger partial charge in [-0.2, -0.15) is 0 Å². The van der Waals surface area contributed by atoms with Crippen molar-refractivity contribution in [3.05, 3.63) is 35.4 Å². The molecule has 1 aliphatic heterocycles. The van der Waals surface area contributed by atoms with Crippen LogP contribution in [0.5, 0.6) is 0 Å². The molecule has 1 saturated heterocycles. The van der Waals surface area contributed by atoms with Crippen molar-refractivity contribution in [2.75, 3.05) is 6.54 Å². The number of amides is 2. The van der Waals surface area contributed by atoms with Gasteiger partial charge in [0.1, 0.15) is 0 Å². The van der Waals surface area contributed by atoms with Crippen molar-refractivity contribution in [2.24, 2.45) is 5.92 Å². The molecule has 0 saturated carbocycles. The second kappa shape index (κ2) is 5.94. The molecule has 2 unspecified atom stereocenters.